The standard InChI is InChI=1S/C13H12BrN3O2/c1-19-11-5-8(4-10(15)6-11)13(18)17-12-3-2-9(14)7-16-12/h2-7H,15H2,1H3,(H,16,17,18). The van der Waals surface area contributed by atoms with E-state index in [1.807, 2.05) is 0 Å². The van der Waals surface area contributed by atoms with Crippen LogP contribution in [-0.2, 0) is 0 Å². The van der Waals surface area contributed by atoms with Gasteiger partial charge in [0, 0.05) is 28.0 Å². The van der Waals surface area contributed by atoms with Crippen molar-refractivity contribution < 1.29 is 9.53 Å². The molecule has 0 aliphatic heterocycles. The molecule has 1 aromatic carbocycles. The van der Waals surface area contributed by atoms with Crippen LogP contribution < -0.4 is 15.8 Å². The fourth-order valence-electron chi connectivity index (χ4n) is 1.51. The number of amides is 1. The first kappa shape index (κ1) is 13.4. The number of benzene rings is 1. The molecule has 6 heteroatoms. The lowest BCUT2D eigenvalue weighted by Crippen LogP contribution is -2.13. The van der Waals surface area contributed by atoms with E-state index in [4.69, 9.17) is 10.5 Å². The van der Waals surface area contributed by atoms with Crippen LogP contribution in [0.5, 0.6) is 5.75 Å². The smallest absolute Gasteiger partial charge is 0.257 e. The Balaban J connectivity index is 2.20. The van der Waals surface area contributed by atoms with Gasteiger partial charge in [-0.15, -0.1) is 0 Å². The molecule has 0 atom stereocenters. The van der Waals surface area contributed by atoms with Gasteiger partial charge in [-0.3, -0.25) is 4.79 Å². The number of nitrogens with one attached hydrogen (secondary N) is 1. The normalized spacial score (nSPS) is 10.0. The largest absolute Gasteiger partial charge is 0.497 e. The highest BCUT2D eigenvalue weighted by Gasteiger charge is 2.09. The highest BCUT2D eigenvalue weighted by molar-refractivity contribution is 9.10. The molecule has 1 aromatic heterocycles. The molecule has 2 rings (SSSR count). The maximum absolute atomic E-state index is 12.0. The number of carbonyl (C=O) groups is 1. The molecule has 0 bridgehead atoms. The second-order valence-electron chi connectivity index (χ2n) is 3.81. The summed E-state index contributed by atoms with van der Waals surface area (Å²) in [6.45, 7) is 0. The first-order valence-electron chi connectivity index (χ1n) is 5.46. The van der Waals surface area contributed by atoms with E-state index < -0.39 is 0 Å². The van der Waals surface area contributed by atoms with Crippen LogP contribution in [0.2, 0.25) is 0 Å². The van der Waals surface area contributed by atoms with Crippen molar-refractivity contribution >= 4 is 33.3 Å². The maximum Gasteiger partial charge on any atom is 0.257 e. The molecule has 98 valence electrons. The van der Waals surface area contributed by atoms with Crippen LogP contribution in [0, 0.1) is 0 Å². The molecule has 3 N–H and O–H groups in total. The molecule has 0 spiro atoms. The Bertz CT molecular complexity index is 599. The average molecular weight is 322 g/mol. The van der Waals surface area contributed by atoms with E-state index in [2.05, 4.69) is 26.2 Å². The van der Waals surface area contributed by atoms with E-state index in [-0.39, 0.29) is 5.91 Å². The molecule has 19 heavy (non-hydrogen) atoms. The lowest BCUT2D eigenvalue weighted by atomic mass is 10.1. The first-order valence-corrected chi connectivity index (χ1v) is 6.25. The number of pyridine rings is 1. The van der Waals surface area contributed by atoms with E-state index >= 15 is 0 Å². The van der Waals surface area contributed by atoms with Gasteiger partial charge in [0.2, 0.25) is 0 Å². The summed E-state index contributed by atoms with van der Waals surface area (Å²) < 4.78 is 5.91. The summed E-state index contributed by atoms with van der Waals surface area (Å²) in [7, 11) is 1.52. The minimum atomic E-state index is -0.291. The van der Waals surface area contributed by atoms with Gasteiger partial charge < -0.3 is 15.8 Å². The van der Waals surface area contributed by atoms with Gasteiger partial charge in [0.05, 0.1) is 7.11 Å². The summed E-state index contributed by atoms with van der Waals surface area (Å²) in [5.74, 6) is 0.712. The Morgan fingerprint density at radius 1 is 1.37 bits per heavy atom. The minimum absolute atomic E-state index is 0.291. The molecule has 5 nitrogen and oxygen atoms in total. The van der Waals surface area contributed by atoms with Crippen molar-refractivity contribution in [2.75, 3.05) is 18.2 Å². The number of hydrogen-bond acceptors (Lipinski definition) is 4. The molecule has 1 heterocycles. The number of aromatic nitrogens is 1. The van der Waals surface area contributed by atoms with Crippen LogP contribution in [0.15, 0.2) is 41.0 Å². The number of hydrogen-bond donors (Lipinski definition) is 2. The number of anilines is 2. The van der Waals surface area contributed by atoms with Crippen LogP contribution in [-0.4, -0.2) is 18.0 Å². The van der Waals surface area contributed by atoms with Crippen molar-refractivity contribution in [3.63, 3.8) is 0 Å². The van der Waals surface area contributed by atoms with Crippen molar-refractivity contribution in [3.05, 3.63) is 46.6 Å². The van der Waals surface area contributed by atoms with Crippen LogP contribution in [0.25, 0.3) is 0 Å². The molecule has 0 fully saturated rings. The lowest BCUT2D eigenvalue weighted by Gasteiger charge is -2.07. The van der Waals surface area contributed by atoms with Gasteiger partial charge in [-0.25, -0.2) is 4.98 Å². The highest BCUT2D eigenvalue weighted by Crippen LogP contribution is 2.19. The molecule has 0 saturated heterocycles. The Morgan fingerprint density at radius 2 is 2.16 bits per heavy atom. The molecule has 0 unspecified atom stereocenters. The Hall–Kier alpha value is -2.08. The molecule has 0 saturated carbocycles. The van der Waals surface area contributed by atoms with E-state index in [1.165, 1.54) is 7.11 Å². The second kappa shape index (κ2) is 5.71. The lowest BCUT2D eigenvalue weighted by molar-refractivity contribution is 0.102. The molecule has 0 aliphatic rings. The van der Waals surface area contributed by atoms with Crippen molar-refractivity contribution in [1.29, 1.82) is 0 Å². The maximum atomic E-state index is 12.0. The van der Waals surface area contributed by atoms with Crippen molar-refractivity contribution in [3.8, 4) is 5.75 Å². The quantitative estimate of drug-likeness (QED) is 0.852. The zero-order valence-corrected chi connectivity index (χ0v) is 11.8. The van der Waals surface area contributed by atoms with E-state index in [9.17, 15) is 4.79 Å². The van der Waals surface area contributed by atoms with Gasteiger partial charge in [-0.05, 0) is 40.2 Å². The first-order chi connectivity index (χ1) is 9.08. The number of rotatable bonds is 3. The number of ether oxygens (including phenoxy) is 1. The summed E-state index contributed by atoms with van der Waals surface area (Å²) in [5.41, 5.74) is 6.59. The van der Waals surface area contributed by atoms with Crippen LogP contribution in [0.1, 0.15) is 10.4 Å². The van der Waals surface area contributed by atoms with Crippen molar-refractivity contribution in [2.24, 2.45) is 0 Å². The predicted molar refractivity (Wildman–Crippen MR) is 77.3 cm³/mol. The molecule has 0 aliphatic carbocycles. The fourth-order valence-corrected chi connectivity index (χ4v) is 1.74. The Morgan fingerprint density at radius 3 is 2.79 bits per heavy atom. The summed E-state index contributed by atoms with van der Waals surface area (Å²) >= 11 is 3.28. The molecular weight excluding hydrogens is 310 g/mol. The van der Waals surface area contributed by atoms with Crippen LogP contribution in [0.4, 0.5) is 11.5 Å². The summed E-state index contributed by atoms with van der Waals surface area (Å²) in [6.07, 6.45) is 1.61. The number of methoxy groups -OCH3 is 1. The second-order valence-corrected chi connectivity index (χ2v) is 4.73. The zero-order valence-electron chi connectivity index (χ0n) is 10.2. The molecule has 2 aromatic rings. The van der Waals surface area contributed by atoms with Crippen LogP contribution in [0.3, 0.4) is 0 Å². The van der Waals surface area contributed by atoms with Gasteiger partial charge in [0.25, 0.3) is 5.91 Å². The monoisotopic (exact) mass is 321 g/mol. The fraction of sp³-hybridized carbons (Fsp3) is 0.0769. The third-order valence-electron chi connectivity index (χ3n) is 2.40. The van der Waals surface area contributed by atoms with Crippen molar-refractivity contribution in [2.45, 2.75) is 0 Å². The highest BCUT2D eigenvalue weighted by atomic mass is 79.9. The molecular formula is C13H12BrN3O2. The predicted octanol–water partition coefficient (Wildman–Crippen LogP) is 2.69. The summed E-state index contributed by atoms with van der Waals surface area (Å²) in [5, 5.41) is 2.68. The SMILES string of the molecule is COc1cc(N)cc(C(=O)Nc2ccc(Br)cn2)c1. The Labute approximate surface area is 118 Å². The zero-order chi connectivity index (χ0) is 13.8. The van der Waals surface area contributed by atoms with Gasteiger partial charge >= 0.3 is 0 Å². The molecule has 1 amide bonds. The van der Waals surface area contributed by atoms with Gasteiger partial charge in [0.15, 0.2) is 0 Å². The summed E-state index contributed by atoms with van der Waals surface area (Å²) in [4.78, 5) is 16.1. The van der Waals surface area contributed by atoms with Crippen molar-refractivity contribution in [1.82, 2.24) is 4.98 Å². The molecule has 0 radical (unpaired) electrons. The number of halogens is 1. The van der Waals surface area contributed by atoms with Gasteiger partial charge in [-0.2, -0.15) is 0 Å². The van der Waals surface area contributed by atoms with Crippen LogP contribution >= 0.6 is 15.9 Å². The summed E-state index contributed by atoms with van der Waals surface area (Å²) in [6, 6.07) is 8.34. The van der Waals surface area contributed by atoms with Gasteiger partial charge in [0.1, 0.15) is 11.6 Å². The third-order valence-corrected chi connectivity index (χ3v) is 2.86. The number of nitrogens with two attached hydrogens (primary N) is 1. The number of carbonyl (C=O) groups excluding carboxylic acids is 1. The third kappa shape index (κ3) is 3.45. The van der Waals surface area contributed by atoms with Gasteiger partial charge in [-0.1, -0.05) is 0 Å². The average Bonchev–Trinajstić information content (AvgIpc) is 2.40. The van der Waals surface area contributed by atoms with E-state index in [0.29, 0.717) is 22.8 Å². The topological polar surface area (TPSA) is 77.2 Å². The van der Waals surface area contributed by atoms with E-state index in [0.717, 1.165) is 4.47 Å². The Kier molecular flexibility index (Phi) is 4.01. The van der Waals surface area contributed by atoms with E-state index in [1.54, 1.807) is 36.5 Å². The minimum Gasteiger partial charge on any atom is -0.497 e. The number of nitrogen functional groups attached to an aromatic ring is 1. The number of nitrogens with zero attached hydrogens (tertiary/aromatic N) is 1.